The molecule has 1 fully saturated rings. The van der Waals surface area contributed by atoms with Gasteiger partial charge < -0.3 is 19.9 Å². The number of pyridine rings is 1. The van der Waals surface area contributed by atoms with Crippen molar-refractivity contribution in [1.82, 2.24) is 14.9 Å². The molecule has 0 spiro atoms. The molecule has 0 bridgehead atoms. The predicted molar refractivity (Wildman–Crippen MR) is 118 cm³/mol. The lowest BCUT2D eigenvalue weighted by Gasteiger charge is -2.45. The summed E-state index contributed by atoms with van der Waals surface area (Å²) in [6.45, 7) is 3.95. The summed E-state index contributed by atoms with van der Waals surface area (Å²) in [7, 11) is 2.27. The SMILES string of the molecule is CCCCOc1ccc(NC2CC3c4cccc5[nH]cc(c45)C[C@H]3N(C)C2)cn1. The van der Waals surface area contributed by atoms with Crippen LogP contribution in [0.4, 0.5) is 5.69 Å². The molecule has 2 N–H and O–H groups in total. The molecule has 5 nitrogen and oxygen atoms in total. The molecule has 2 aliphatic rings. The van der Waals surface area contributed by atoms with Crippen LogP contribution in [-0.2, 0) is 6.42 Å². The number of anilines is 1. The fourth-order valence-corrected chi connectivity index (χ4v) is 5.15. The van der Waals surface area contributed by atoms with Gasteiger partial charge in [-0.15, -0.1) is 0 Å². The number of likely N-dealkylation sites (tertiary alicyclic amines) is 1. The van der Waals surface area contributed by atoms with E-state index in [-0.39, 0.29) is 0 Å². The van der Waals surface area contributed by atoms with E-state index >= 15 is 0 Å². The Kier molecular flexibility index (Phi) is 4.92. The third-order valence-corrected chi connectivity index (χ3v) is 6.58. The van der Waals surface area contributed by atoms with Crippen LogP contribution in [0.25, 0.3) is 10.9 Å². The van der Waals surface area contributed by atoms with Crippen LogP contribution in [0.2, 0.25) is 0 Å². The van der Waals surface area contributed by atoms with Gasteiger partial charge in [-0.2, -0.15) is 0 Å². The number of hydrogen-bond acceptors (Lipinski definition) is 4. The van der Waals surface area contributed by atoms with Crippen molar-refractivity contribution < 1.29 is 4.74 Å². The second kappa shape index (κ2) is 7.71. The van der Waals surface area contributed by atoms with Gasteiger partial charge in [0.15, 0.2) is 0 Å². The predicted octanol–water partition coefficient (Wildman–Crippen LogP) is 4.57. The quantitative estimate of drug-likeness (QED) is 0.606. The van der Waals surface area contributed by atoms with E-state index < -0.39 is 0 Å². The zero-order chi connectivity index (χ0) is 19.8. The molecule has 1 aliphatic carbocycles. The number of nitrogens with zero attached hydrogens (tertiary/aromatic N) is 2. The van der Waals surface area contributed by atoms with E-state index in [1.54, 1.807) is 0 Å². The molecular weight excluding hydrogens is 360 g/mol. The monoisotopic (exact) mass is 390 g/mol. The number of rotatable bonds is 6. The minimum Gasteiger partial charge on any atom is -0.478 e. The van der Waals surface area contributed by atoms with Crippen LogP contribution in [0.1, 0.15) is 43.2 Å². The highest BCUT2D eigenvalue weighted by Crippen LogP contribution is 2.43. The Balaban J connectivity index is 1.32. The topological polar surface area (TPSA) is 53.2 Å². The number of benzene rings is 1. The lowest BCUT2D eigenvalue weighted by Crippen LogP contribution is -2.51. The van der Waals surface area contributed by atoms with Gasteiger partial charge in [0, 0.05) is 47.7 Å². The fourth-order valence-electron chi connectivity index (χ4n) is 5.15. The first-order valence-electron chi connectivity index (χ1n) is 10.9. The van der Waals surface area contributed by atoms with Gasteiger partial charge in [-0.1, -0.05) is 25.5 Å². The van der Waals surface area contributed by atoms with Crippen molar-refractivity contribution in [3.8, 4) is 5.88 Å². The maximum atomic E-state index is 5.69. The summed E-state index contributed by atoms with van der Waals surface area (Å²) >= 11 is 0. The van der Waals surface area contributed by atoms with Crippen LogP contribution in [0.3, 0.4) is 0 Å². The Bertz CT molecular complexity index is 980. The van der Waals surface area contributed by atoms with Gasteiger partial charge in [0.2, 0.25) is 5.88 Å². The van der Waals surface area contributed by atoms with Crippen LogP contribution >= 0.6 is 0 Å². The van der Waals surface area contributed by atoms with E-state index in [4.69, 9.17) is 4.74 Å². The number of nitrogens with one attached hydrogen (secondary N) is 2. The number of H-pyrrole nitrogens is 1. The highest BCUT2D eigenvalue weighted by atomic mass is 16.5. The lowest BCUT2D eigenvalue weighted by molar-refractivity contribution is 0.147. The van der Waals surface area contributed by atoms with Gasteiger partial charge in [-0.25, -0.2) is 4.98 Å². The van der Waals surface area contributed by atoms with Crippen molar-refractivity contribution in [3.63, 3.8) is 0 Å². The van der Waals surface area contributed by atoms with Crippen LogP contribution in [0, 0.1) is 0 Å². The molecule has 2 unspecified atom stereocenters. The van der Waals surface area contributed by atoms with Gasteiger partial charge in [-0.05, 0) is 49.6 Å². The van der Waals surface area contributed by atoms with Crippen LogP contribution in [0.5, 0.6) is 5.88 Å². The number of fused-ring (bicyclic) bond motifs is 2. The molecular formula is C24H30N4O. The van der Waals surface area contributed by atoms with E-state index in [2.05, 4.69) is 64.6 Å². The molecule has 1 aliphatic heterocycles. The maximum Gasteiger partial charge on any atom is 0.213 e. The molecule has 152 valence electrons. The van der Waals surface area contributed by atoms with Crippen molar-refractivity contribution in [2.75, 3.05) is 25.5 Å². The second-order valence-electron chi connectivity index (χ2n) is 8.57. The molecule has 2 aromatic heterocycles. The Morgan fingerprint density at radius 2 is 2.21 bits per heavy atom. The number of piperidine rings is 1. The van der Waals surface area contributed by atoms with Gasteiger partial charge in [-0.3, -0.25) is 0 Å². The van der Waals surface area contributed by atoms with E-state index in [1.165, 1.54) is 22.0 Å². The third kappa shape index (κ3) is 3.48. The Hall–Kier alpha value is -2.53. The average molecular weight is 391 g/mol. The largest absolute Gasteiger partial charge is 0.478 e. The minimum absolute atomic E-state index is 0.408. The molecule has 5 rings (SSSR count). The lowest BCUT2D eigenvalue weighted by atomic mass is 9.74. The second-order valence-corrected chi connectivity index (χ2v) is 8.57. The Labute approximate surface area is 172 Å². The molecule has 1 saturated heterocycles. The summed E-state index contributed by atoms with van der Waals surface area (Å²) in [6.07, 6.45) is 8.59. The Morgan fingerprint density at radius 1 is 1.28 bits per heavy atom. The van der Waals surface area contributed by atoms with Crippen molar-refractivity contribution in [2.24, 2.45) is 0 Å². The summed E-state index contributed by atoms with van der Waals surface area (Å²) in [5.74, 6) is 1.27. The number of ether oxygens (including phenoxy) is 1. The van der Waals surface area contributed by atoms with Gasteiger partial charge in [0.05, 0.1) is 18.5 Å². The number of likely N-dealkylation sites (N-methyl/N-ethyl adjacent to an activating group) is 1. The van der Waals surface area contributed by atoms with Gasteiger partial charge in [0.25, 0.3) is 0 Å². The van der Waals surface area contributed by atoms with Crippen molar-refractivity contribution in [3.05, 3.63) is 53.9 Å². The smallest absolute Gasteiger partial charge is 0.213 e. The normalized spacial score (nSPS) is 23.7. The number of hydrogen-bond donors (Lipinski definition) is 2. The fraction of sp³-hybridized carbons (Fsp3) is 0.458. The van der Waals surface area contributed by atoms with Crippen molar-refractivity contribution in [1.29, 1.82) is 0 Å². The summed E-state index contributed by atoms with van der Waals surface area (Å²) in [5, 5.41) is 5.18. The first-order valence-corrected chi connectivity index (χ1v) is 10.9. The molecule has 3 atom stereocenters. The first-order chi connectivity index (χ1) is 14.2. The van der Waals surface area contributed by atoms with Crippen molar-refractivity contribution >= 4 is 16.6 Å². The molecule has 5 heteroatoms. The van der Waals surface area contributed by atoms with Gasteiger partial charge >= 0.3 is 0 Å². The van der Waals surface area contributed by atoms with E-state index in [1.807, 2.05) is 12.3 Å². The number of aromatic nitrogens is 2. The molecule has 0 amide bonds. The van der Waals surface area contributed by atoms with E-state index in [0.29, 0.717) is 23.9 Å². The third-order valence-electron chi connectivity index (χ3n) is 6.58. The highest BCUT2D eigenvalue weighted by Gasteiger charge is 2.39. The van der Waals surface area contributed by atoms with Crippen molar-refractivity contribution in [2.45, 2.75) is 50.6 Å². The summed E-state index contributed by atoms with van der Waals surface area (Å²) in [6, 6.07) is 11.8. The van der Waals surface area contributed by atoms with E-state index in [9.17, 15) is 0 Å². The van der Waals surface area contributed by atoms with Crippen LogP contribution in [0.15, 0.2) is 42.7 Å². The molecule has 0 radical (unpaired) electrons. The van der Waals surface area contributed by atoms with Gasteiger partial charge in [0.1, 0.15) is 0 Å². The summed E-state index contributed by atoms with van der Waals surface area (Å²) in [5.41, 5.74) is 5.32. The molecule has 1 aromatic carbocycles. The molecule has 29 heavy (non-hydrogen) atoms. The van der Waals surface area contributed by atoms with E-state index in [0.717, 1.165) is 44.5 Å². The number of unbranched alkanes of at least 4 members (excludes halogenated alkanes) is 1. The maximum absolute atomic E-state index is 5.69. The summed E-state index contributed by atoms with van der Waals surface area (Å²) < 4.78 is 5.69. The zero-order valence-corrected chi connectivity index (χ0v) is 17.3. The minimum atomic E-state index is 0.408. The molecule has 3 heterocycles. The van der Waals surface area contributed by atoms with Crippen LogP contribution in [-0.4, -0.2) is 47.2 Å². The standard InChI is InChI=1S/C24H30N4O/c1-3-4-10-29-23-9-8-17(14-26-23)27-18-12-20-19-6-5-7-21-24(19)16(13-25-21)11-22(20)28(2)15-18/h5-9,13-14,18,20,22,25,27H,3-4,10-12,15H2,1-2H3/t18?,20?,22-/m1/s1. The highest BCUT2D eigenvalue weighted by molar-refractivity contribution is 5.88. The Morgan fingerprint density at radius 3 is 3.03 bits per heavy atom. The molecule has 3 aromatic rings. The van der Waals surface area contributed by atoms with Crippen LogP contribution < -0.4 is 10.1 Å². The molecule has 0 saturated carbocycles. The first kappa shape index (κ1) is 18.5. The average Bonchev–Trinajstić information content (AvgIpc) is 3.15. The zero-order valence-electron chi connectivity index (χ0n) is 17.3. The number of aromatic amines is 1. The summed E-state index contributed by atoms with van der Waals surface area (Å²) in [4.78, 5) is 10.5.